The van der Waals surface area contributed by atoms with Crippen LogP contribution in [0.2, 0.25) is 0 Å². The molecule has 0 unspecified atom stereocenters. The zero-order valence-corrected chi connectivity index (χ0v) is 7.62. The van der Waals surface area contributed by atoms with E-state index in [1.54, 1.807) is 0 Å². The Morgan fingerprint density at radius 3 is 1.25 bits per heavy atom. The lowest BCUT2D eigenvalue weighted by Gasteiger charge is -2.08. The monoisotopic (exact) mass is 164 g/mol. The fraction of sp³-hybridized carbons (Fsp3) is 0.400. The molecular formula is C10H16N2. The van der Waals surface area contributed by atoms with E-state index in [-0.39, 0.29) is 12.1 Å². The lowest BCUT2D eigenvalue weighted by Crippen LogP contribution is -2.07. The predicted octanol–water partition coefficient (Wildman–Crippen LogP) is 1.73. The number of rotatable bonds is 2. The second kappa shape index (κ2) is 3.70. The molecule has 0 heterocycles. The summed E-state index contributed by atoms with van der Waals surface area (Å²) in [6.45, 7) is 3.95. The lowest BCUT2D eigenvalue weighted by atomic mass is 10.0. The Morgan fingerprint density at radius 1 is 0.833 bits per heavy atom. The first-order valence-electron chi connectivity index (χ1n) is 4.22. The number of nitrogens with two attached hydrogens (primary N) is 2. The summed E-state index contributed by atoms with van der Waals surface area (Å²) in [7, 11) is 0. The third kappa shape index (κ3) is 2.06. The van der Waals surface area contributed by atoms with E-state index in [4.69, 9.17) is 11.5 Å². The normalized spacial score (nSPS) is 15.7. The maximum absolute atomic E-state index is 5.71. The van der Waals surface area contributed by atoms with Crippen molar-refractivity contribution in [1.29, 1.82) is 0 Å². The van der Waals surface area contributed by atoms with Crippen LogP contribution in [0.4, 0.5) is 0 Å². The van der Waals surface area contributed by atoms with Gasteiger partial charge < -0.3 is 11.5 Å². The summed E-state index contributed by atoms with van der Waals surface area (Å²) >= 11 is 0. The van der Waals surface area contributed by atoms with Gasteiger partial charge >= 0.3 is 0 Å². The maximum atomic E-state index is 5.71. The molecule has 2 atom stereocenters. The highest BCUT2D eigenvalue weighted by Gasteiger charge is 2.00. The largest absolute Gasteiger partial charge is 0.324 e. The van der Waals surface area contributed by atoms with Gasteiger partial charge in [-0.25, -0.2) is 0 Å². The molecule has 0 saturated heterocycles. The Morgan fingerprint density at radius 2 is 1.08 bits per heavy atom. The molecule has 0 bridgehead atoms. The molecular weight excluding hydrogens is 148 g/mol. The van der Waals surface area contributed by atoms with Crippen LogP contribution in [-0.2, 0) is 0 Å². The van der Waals surface area contributed by atoms with Crippen LogP contribution in [0.25, 0.3) is 0 Å². The van der Waals surface area contributed by atoms with Crippen LogP contribution in [0, 0.1) is 0 Å². The van der Waals surface area contributed by atoms with E-state index in [9.17, 15) is 0 Å². The molecule has 1 aromatic rings. The Hall–Kier alpha value is -0.860. The van der Waals surface area contributed by atoms with E-state index in [0.717, 1.165) is 11.1 Å². The smallest absolute Gasteiger partial charge is 0.0266 e. The fourth-order valence-electron chi connectivity index (χ4n) is 1.10. The molecule has 0 amide bonds. The third-order valence-corrected chi connectivity index (χ3v) is 1.99. The Bertz CT molecular complexity index is 210. The maximum Gasteiger partial charge on any atom is 0.0266 e. The summed E-state index contributed by atoms with van der Waals surface area (Å²) in [4.78, 5) is 0. The molecule has 12 heavy (non-hydrogen) atoms. The van der Waals surface area contributed by atoms with Gasteiger partial charge in [-0.3, -0.25) is 0 Å². The van der Waals surface area contributed by atoms with Gasteiger partial charge in [-0.05, 0) is 25.0 Å². The molecule has 2 heteroatoms. The van der Waals surface area contributed by atoms with Gasteiger partial charge in [0.05, 0.1) is 0 Å². The molecule has 0 saturated carbocycles. The average molecular weight is 164 g/mol. The first-order valence-corrected chi connectivity index (χ1v) is 4.22. The van der Waals surface area contributed by atoms with Gasteiger partial charge in [0.2, 0.25) is 0 Å². The van der Waals surface area contributed by atoms with Crippen LogP contribution in [0.3, 0.4) is 0 Å². The molecule has 0 fully saturated rings. The van der Waals surface area contributed by atoms with Crippen molar-refractivity contribution in [1.82, 2.24) is 0 Å². The van der Waals surface area contributed by atoms with Crippen molar-refractivity contribution in [3.8, 4) is 0 Å². The summed E-state index contributed by atoms with van der Waals surface area (Å²) < 4.78 is 0. The molecule has 0 aromatic heterocycles. The van der Waals surface area contributed by atoms with Gasteiger partial charge in [-0.1, -0.05) is 24.3 Å². The molecule has 1 rings (SSSR count). The molecule has 0 aliphatic carbocycles. The molecule has 66 valence electrons. The standard InChI is InChI=1S/C10H16N2/c1-7(11)9-3-5-10(6-4-9)8(2)12/h3-8H,11-12H2,1-2H3/t7-,8-/m0/s1. The zero-order chi connectivity index (χ0) is 9.14. The van der Waals surface area contributed by atoms with Crippen LogP contribution in [0.5, 0.6) is 0 Å². The SMILES string of the molecule is C[C@H](N)c1ccc([C@H](C)N)cc1. The molecule has 0 aliphatic rings. The highest BCUT2D eigenvalue weighted by atomic mass is 14.6. The van der Waals surface area contributed by atoms with E-state index < -0.39 is 0 Å². The van der Waals surface area contributed by atoms with Gasteiger partial charge in [0.15, 0.2) is 0 Å². The van der Waals surface area contributed by atoms with Gasteiger partial charge in [0, 0.05) is 12.1 Å². The molecule has 0 spiro atoms. The summed E-state index contributed by atoms with van der Waals surface area (Å²) in [5.74, 6) is 0. The van der Waals surface area contributed by atoms with E-state index in [0.29, 0.717) is 0 Å². The topological polar surface area (TPSA) is 52.0 Å². The minimum absolute atomic E-state index is 0.104. The zero-order valence-electron chi connectivity index (χ0n) is 7.62. The Kier molecular flexibility index (Phi) is 2.84. The lowest BCUT2D eigenvalue weighted by molar-refractivity contribution is 0.799. The number of hydrogen-bond acceptors (Lipinski definition) is 2. The Balaban J connectivity index is 2.86. The molecule has 2 nitrogen and oxygen atoms in total. The first kappa shape index (κ1) is 9.23. The molecule has 0 aliphatic heterocycles. The van der Waals surface area contributed by atoms with E-state index in [2.05, 4.69) is 0 Å². The van der Waals surface area contributed by atoms with E-state index in [1.807, 2.05) is 38.1 Å². The second-order valence-corrected chi connectivity index (χ2v) is 3.24. The van der Waals surface area contributed by atoms with Crippen LogP contribution in [0.1, 0.15) is 37.1 Å². The van der Waals surface area contributed by atoms with E-state index >= 15 is 0 Å². The van der Waals surface area contributed by atoms with Crippen molar-refractivity contribution in [2.75, 3.05) is 0 Å². The average Bonchev–Trinajstić information content (AvgIpc) is 2.04. The number of hydrogen-bond donors (Lipinski definition) is 2. The minimum Gasteiger partial charge on any atom is -0.324 e. The van der Waals surface area contributed by atoms with Gasteiger partial charge in [-0.15, -0.1) is 0 Å². The third-order valence-electron chi connectivity index (χ3n) is 1.99. The predicted molar refractivity (Wildman–Crippen MR) is 51.6 cm³/mol. The van der Waals surface area contributed by atoms with Crippen molar-refractivity contribution in [3.63, 3.8) is 0 Å². The van der Waals surface area contributed by atoms with Gasteiger partial charge in [0.1, 0.15) is 0 Å². The minimum atomic E-state index is 0.104. The van der Waals surface area contributed by atoms with Crippen LogP contribution < -0.4 is 11.5 Å². The van der Waals surface area contributed by atoms with Crippen LogP contribution >= 0.6 is 0 Å². The fourth-order valence-corrected chi connectivity index (χ4v) is 1.10. The molecule has 4 N–H and O–H groups in total. The van der Waals surface area contributed by atoms with E-state index in [1.165, 1.54) is 0 Å². The quantitative estimate of drug-likeness (QED) is 0.699. The highest BCUT2D eigenvalue weighted by Crippen LogP contribution is 2.14. The summed E-state index contributed by atoms with van der Waals surface area (Å²) in [6.07, 6.45) is 0. The summed E-state index contributed by atoms with van der Waals surface area (Å²) in [5.41, 5.74) is 13.7. The van der Waals surface area contributed by atoms with Gasteiger partial charge in [-0.2, -0.15) is 0 Å². The molecule has 1 aromatic carbocycles. The van der Waals surface area contributed by atoms with Crippen LogP contribution in [0.15, 0.2) is 24.3 Å². The molecule has 0 radical (unpaired) electrons. The van der Waals surface area contributed by atoms with Crippen molar-refractivity contribution in [3.05, 3.63) is 35.4 Å². The first-order chi connectivity index (χ1) is 5.61. The van der Waals surface area contributed by atoms with Crippen molar-refractivity contribution < 1.29 is 0 Å². The highest BCUT2D eigenvalue weighted by molar-refractivity contribution is 5.25. The van der Waals surface area contributed by atoms with Crippen LogP contribution in [-0.4, -0.2) is 0 Å². The van der Waals surface area contributed by atoms with Crippen molar-refractivity contribution in [2.45, 2.75) is 25.9 Å². The van der Waals surface area contributed by atoms with Crippen molar-refractivity contribution in [2.24, 2.45) is 11.5 Å². The summed E-state index contributed by atoms with van der Waals surface area (Å²) in [5, 5.41) is 0. The Labute approximate surface area is 73.6 Å². The van der Waals surface area contributed by atoms with Crippen molar-refractivity contribution >= 4 is 0 Å². The van der Waals surface area contributed by atoms with Gasteiger partial charge in [0.25, 0.3) is 0 Å². The number of benzene rings is 1. The second-order valence-electron chi connectivity index (χ2n) is 3.24. The summed E-state index contributed by atoms with van der Waals surface area (Å²) in [6, 6.07) is 8.33.